The van der Waals surface area contributed by atoms with E-state index in [0.717, 1.165) is 26.1 Å². The summed E-state index contributed by atoms with van der Waals surface area (Å²) in [5.41, 5.74) is 9.92. The molecule has 0 unspecified atom stereocenters. The zero-order chi connectivity index (χ0) is 13.0. The molecule has 3 heteroatoms. The minimum atomic E-state index is 0.689. The molecule has 98 valence electrons. The first-order valence-corrected chi connectivity index (χ1v) is 6.72. The minimum absolute atomic E-state index is 0.689. The second-order valence-corrected chi connectivity index (χ2v) is 5.17. The molecule has 1 aromatic rings. The summed E-state index contributed by atoms with van der Waals surface area (Å²) in [6.07, 6.45) is 2.27. The molecular weight excluding hydrogens is 222 g/mol. The highest BCUT2D eigenvalue weighted by Crippen LogP contribution is 2.20. The van der Waals surface area contributed by atoms with Crippen molar-refractivity contribution in [2.75, 3.05) is 19.6 Å². The molecule has 0 aliphatic carbocycles. The van der Waals surface area contributed by atoms with E-state index < -0.39 is 0 Å². The van der Waals surface area contributed by atoms with E-state index in [-0.39, 0.29) is 0 Å². The van der Waals surface area contributed by atoms with Crippen LogP contribution in [0.15, 0.2) is 23.2 Å². The summed E-state index contributed by atoms with van der Waals surface area (Å²) in [5, 5.41) is 0. The lowest BCUT2D eigenvalue weighted by atomic mass is 9.97. The number of aliphatic imine (C=N–C) groups is 1. The molecule has 3 nitrogen and oxygen atoms in total. The Morgan fingerprint density at radius 2 is 2.22 bits per heavy atom. The summed E-state index contributed by atoms with van der Waals surface area (Å²) < 4.78 is 0. The number of rotatable bonds is 4. The van der Waals surface area contributed by atoms with Gasteiger partial charge in [-0.25, -0.2) is 0 Å². The minimum Gasteiger partial charge on any atom is -0.388 e. The van der Waals surface area contributed by atoms with Gasteiger partial charge < -0.3 is 5.73 Å². The van der Waals surface area contributed by atoms with Gasteiger partial charge in [-0.05, 0) is 37.8 Å². The third-order valence-electron chi connectivity index (χ3n) is 3.45. The monoisotopic (exact) mass is 245 g/mol. The maximum atomic E-state index is 5.53. The average Bonchev–Trinajstić information content (AvgIpc) is 2.34. The van der Waals surface area contributed by atoms with Gasteiger partial charge in [0.05, 0.1) is 5.84 Å². The summed E-state index contributed by atoms with van der Waals surface area (Å²) in [6, 6.07) is 6.82. The largest absolute Gasteiger partial charge is 0.388 e. The van der Waals surface area contributed by atoms with Crippen LogP contribution in [0.1, 0.15) is 30.0 Å². The SMILES string of the molecule is CC(N)=NCCCN1CCc2cc(C)ccc2C1. The molecule has 0 saturated heterocycles. The molecule has 0 spiro atoms. The highest BCUT2D eigenvalue weighted by Gasteiger charge is 2.15. The van der Waals surface area contributed by atoms with E-state index >= 15 is 0 Å². The normalized spacial score (nSPS) is 16.7. The first kappa shape index (κ1) is 13.1. The predicted octanol–water partition coefficient (Wildman–Crippen LogP) is 2.12. The first-order chi connectivity index (χ1) is 8.65. The van der Waals surface area contributed by atoms with Crippen molar-refractivity contribution in [1.82, 2.24) is 4.90 Å². The summed E-state index contributed by atoms with van der Waals surface area (Å²) in [6.45, 7) is 8.23. The Hall–Kier alpha value is -1.35. The molecule has 1 aliphatic rings. The van der Waals surface area contributed by atoms with E-state index in [0.29, 0.717) is 5.84 Å². The number of nitrogens with zero attached hydrogens (tertiary/aromatic N) is 2. The van der Waals surface area contributed by atoms with E-state index in [9.17, 15) is 0 Å². The van der Waals surface area contributed by atoms with E-state index in [2.05, 4.69) is 35.0 Å². The van der Waals surface area contributed by atoms with Crippen LogP contribution in [-0.4, -0.2) is 30.4 Å². The molecular formula is C15H23N3. The molecule has 0 fully saturated rings. The van der Waals surface area contributed by atoms with Crippen molar-refractivity contribution in [3.63, 3.8) is 0 Å². The number of benzene rings is 1. The number of hydrogen-bond donors (Lipinski definition) is 1. The zero-order valence-corrected chi connectivity index (χ0v) is 11.4. The van der Waals surface area contributed by atoms with Crippen molar-refractivity contribution >= 4 is 5.84 Å². The van der Waals surface area contributed by atoms with E-state index in [1.807, 2.05) is 6.92 Å². The van der Waals surface area contributed by atoms with E-state index in [1.54, 1.807) is 0 Å². The van der Waals surface area contributed by atoms with Crippen molar-refractivity contribution in [3.8, 4) is 0 Å². The van der Waals surface area contributed by atoms with Crippen molar-refractivity contribution in [1.29, 1.82) is 0 Å². The molecule has 0 amide bonds. The fourth-order valence-electron chi connectivity index (χ4n) is 2.48. The Morgan fingerprint density at radius 3 is 3.00 bits per heavy atom. The van der Waals surface area contributed by atoms with Crippen LogP contribution in [-0.2, 0) is 13.0 Å². The molecule has 1 aliphatic heterocycles. The number of nitrogens with two attached hydrogens (primary N) is 1. The first-order valence-electron chi connectivity index (χ1n) is 6.72. The Labute approximate surface area is 110 Å². The average molecular weight is 245 g/mol. The fraction of sp³-hybridized carbons (Fsp3) is 0.533. The lowest BCUT2D eigenvalue weighted by molar-refractivity contribution is 0.252. The van der Waals surface area contributed by atoms with Gasteiger partial charge in [0, 0.05) is 26.2 Å². The van der Waals surface area contributed by atoms with E-state index in [1.165, 1.54) is 29.7 Å². The highest BCUT2D eigenvalue weighted by molar-refractivity contribution is 5.77. The highest BCUT2D eigenvalue weighted by atomic mass is 15.1. The fourth-order valence-corrected chi connectivity index (χ4v) is 2.48. The smallest absolute Gasteiger partial charge is 0.0905 e. The van der Waals surface area contributed by atoms with Crippen molar-refractivity contribution < 1.29 is 0 Å². The molecule has 0 atom stereocenters. The summed E-state index contributed by atoms with van der Waals surface area (Å²) >= 11 is 0. The van der Waals surface area contributed by atoms with Gasteiger partial charge in [-0.1, -0.05) is 23.8 Å². The number of hydrogen-bond acceptors (Lipinski definition) is 2. The molecule has 0 radical (unpaired) electrons. The van der Waals surface area contributed by atoms with Gasteiger partial charge in [-0.2, -0.15) is 0 Å². The number of aryl methyl sites for hydroxylation is 1. The number of amidine groups is 1. The van der Waals surface area contributed by atoms with Gasteiger partial charge in [0.15, 0.2) is 0 Å². The summed E-state index contributed by atoms with van der Waals surface area (Å²) in [4.78, 5) is 6.75. The maximum Gasteiger partial charge on any atom is 0.0905 e. The Kier molecular flexibility index (Phi) is 4.37. The second-order valence-electron chi connectivity index (χ2n) is 5.17. The van der Waals surface area contributed by atoms with Crippen molar-refractivity contribution in [3.05, 3.63) is 34.9 Å². The van der Waals surface area contributed by atoms with Crippen molar-refractivity contribution in [2.45, 2.75) is 33.2 Å². The molecule has 1 aromatic carbocycles. The summed E-state index contributed by atoms with van der Waals surface area (Å²) in [5.74, 6) is 0.689. The van der Waals surface area contributed by atoms with Gasteiger partial charge in [-0.3, -0.25) is 9.89 Å². The molecule has 2 N–H and O–H groups in total. The van der Waals surface area contributed by atoms with Crippen LogP contribution < -0.4 is 5.73 Å². The molecule has 1 heterocycles. The third-order valence-corrected chi connectivity index (χ3v) is 3.45. The van der Waals surface area contributed by atoms with Crippen LogP contribution in [0.4, 0.5) is 0 Å². The standard InChI is InChI=1S/C15H23N3/c1-12-4-5-15-11-18(9-6-14(15)10-12)8-3-7-17-13(2)16/h4-5,10H,3,6-9,11H2,1-2H3,(H2,16,17). The Morgan fingerprint density at radius 1 is 1.39 bits per heavy atom. The summed E-state index contributed by atoms with van der Waals surface area (Å²) in [7, 11) is 0. The number of fused-ring (bicyclic) bond motifs is 1. The zero-order valence-electron chi connectivity index (χ0n) is 11.4. The van der Waals surface area contributed by atoms with Crippen LogP contribution in [0.2, 0.25) is 0 Å². The third kappa shape index (κ3) is 3.57. The quantitative estimate of drug-likeness (QED) is 0.501. The molecule has 0 saturated carbocycles. The second kappa shape index (κ2) is 6.01. The van der Waals surface area contributed by atoms with Gasteiger partial charge in [-0.15, -0.1) is 0 Å². The topological polar surface area (TPSA) is 41.6 Å². The molecule has 0 aromatic heterocycles. The van der Waals surface area contributed by atoms with Gasteiger partial charge in [0.2, 0.25) is 0 Å². The predicted molar refractivity (Wildman–Crippen MR) is 76.9 cm³/mol. The Balaban J connectivity index is 1.84. The van der Waals surface area contributed by atoms with Gasteiger partial charge in [0.25, 0.3) is 0 Å². The maximum absolute atomic E-state index is 5.53. The lowest BCUT2D eigenvalue weighted by Gasteiger charge is -2.28. The molecule has 0 bridgehead atoms. The molecule has 18 heavy (non-hydrogen) atoms. The van der Waals surface area contributed by atoms with Crippen LogP contribution in [0.5, 0.6) is 0 Å². The van der Waals surface area contributed by atoms with E-state index in [4.69, 9.17) is 5.73 Å². The van der Waals surface area contributed by atoms with Gasteiger partial charge in [0.1, 0.15) is 0 Å². The van der Waals surface area contributed by atoms with Gasteiger partial charge >= 0.3 is 0 Å². The van der Waals surface area contributed by atoms with Crippen LogP contribution in [0.3, 0.4) is 0 Å². The van der Waals surface area contributed by atoms with Crippen molar-refractivity contribution in [2.24, 2.45) is 10.7 Å². The molecule has 2 rings (SSSR count). The Bertz CT molecular complexity index is 433. The van der Waals surface area contributed by atoms with Crippen LogP contribution in [0, 0.1) is 6.92 Å². The van der Waals surface area contributed by atoms with Crippen LogP contribution in [0.25, 0.3) is 0 Å². The van der Waals surface area contributed by atoms with Crippen LogP contribution >= 0.6 is 0 Å². The lowest BCUT2D eigenvalue weighted by Crippen LogP contribution is -2.31.